The maximum absolute atomic E-state index is 12.0. The first-order chi connectivity index (χ1) is 11.1. The molecule has 1 heterocycles. The minimum atomic E-state index is -0.0477. The Hall–Kier alpha value is -2.36. The molecule has 2 aromatic rings. The number of hydrogen-bond donors (Lipinski definition) is 2. The van der Waals surface area contributed by atoms with Crippen LogP contribution in [0.25, 0.3) is 0 Å². The predicted molar refractivity (Wildman–Crippen MR) is 94.7 cm³/mol. The molecule has 4 nitrogen and oxygen atoms in total. The SMILES string of the molecule is CC(C)CNC(=O)c1ccnc(NCCCc2ccccc2)c1. The van der Waals surface area contributed by atoms with Crippen LogP contribution in [0.4, 0.5) is 5.82 Å². The average molecular weight is 311 g/mol. The van der Waals surface area contributed by atoms with E-state index in [1.165, 1.54) is 5.56 Å². The number of carbonyl (C=O) groups is 1. The number of nitrogens with one attached hydrogen (secondary N) is 2. The van der Waals surface area contributed by atoms with Gasteiger partial charge in [-0.15, -0.1) is 0 Å². The molecule has 0 bridgehead atoms. The topological polar surface area (TPSA) is 54.0 Å². The first-order valence-corrected chi connectivity index (χ1v) is 8.17. The standard InChI is InChI=1S/C19H25N3O/c1-15(2)14-22-19(23)17-10-12-21-18(13-17)20-11-6-9-16-7-4-3-5-8-16/h3-5,7-8,10,12-13,15H,6,9,11,14H2,1-2H3,(H,20,21)(H,22,23). The molecule has 0 radical (unpaired) electrons. The van der Waals surface area contributed by atoms with E-state index in [1.807, 2.05) is 6.07 Å². The fourth-order valence-electron chi connectivity index (χ4n) is 2.22. The number of pyridine rings is 1. The number of carbonyl (C=O) groups excluding carboxylic acids is 1. The summed E-state index contributed by atoms with van der Waals surface area (Å²) in [6, 6.07) is 14.0. The highest BCUT2D eigenvalue weighted by atomic mass is 16.1. The lowest BCUT2D eigenvalue weighted by molar-refractivity contribution is 0.0949. The van der Waals surface area contributed by atoms with Crippen molar-refractivity contribution >= 4 is 11.7 Å². The normalized spacial score (nSPS) is 10.6. The van der Waals surface area contributed by atoms with Crippen LogP contribution in [-0.2, 0) is 6.42 Å². The quantitative estimate of drug-likeness (QED) is 0.734. The molecule has 0 saturated carbocycles. The predicted octanol–water partition coefficient (Wildman–Crippen LogP) is 3.51. The van der Waals surface area contributed by atoms with Gasteiger partial charge < -0.3 is 10.6 Å². The lowest BCUT2D eigenvalue weighted by Crippen LogP contribution is -2.27. The van der Waals surface area contributed by atoms with Crippen LogP contribution < -0.4 is 10.6 Å². The number of benzene rings is 1. The highest BCUT2D eigenvalue weighted by Gasteiger charge is 2.07. The highest BCUT2D eigenvalue weighted by Crippen LogP contribution is 2.08. The van der Waals surface area contributed by atoms with Gasteiger partial charge >= 0.3 is 0 Å². The molecule has 0 atom stereocenters. The van der Waals surface area contributed by atoms with E-state index in [2.05, 4.69) is 53.7 Å². The van der Waals surface area contributed by atoms with Gasteiger partial charge in [-0.3, -0.25) is 4.79 Å². The summed E-state index contributed by atoms with van der Waals surface area (Å²) in [5.41, 5.74) is 1.98. The van der Waals surface area contributed by atoms with Crippen molar-refractivity contribution in [2.24, 2.45) is 5.92 Å². The van der Waals surface area contributed by atoms with E-state index in [-0.39, 0.29) is 5.91 Å². The number of aromatic nitrogens is 1. The number of amides is 1. The van der Waals surface area contributed by atoms with Crippen molar-refractivity contribution in [3.63, 3.8) is 0 Å². The Labute approximate surface area is 138 Å². The van der Waals surface area contributed by atoms with Crippen molar-refractivity contribution in [3.05, 3.63) is 59.8 Å². The van der Waals surface area contributed by atoms with Gasteiger partial charge in [0.25, 0.3) is 5.91 Å². The van der Waals surface area contributed by atoms with Crippen LogP contribution in [0.1, 0.15) is 36.2 Å². The molecule has 0 saturated heterocycles. The van der Waals surface area contributed by atoms with Crippen LogP contribution in [0.2, 0.25) is 0 Å². The van der Waals surface area contributed by atoms with Crippen LogP contribution in [0.5, 0.6) is 0 Å². The number of aryl methyl sites for hydroxylation is 1. The summed E-state index contributed by atoms with van der Waals surface area (Å²) in [6.45, 7) is 5.67. The fourth-order valence-corrected chi connectivity index (χ4v) is 2.22. The average Bonchev–Trinajstić information content (AvgIpc) is 2.58. The van der Waals surface area contributed by atoms with Crippen molar-refractivity contribution in [1.82, 2.24) is 10.3 Å². The molecule has 4 heteroatoms. The van der Waals surface area contributed by atoms with Gasteiger partial charge in [-0.2, -0.15) is 0 Å². The van der Waals surface area contributed by atoms with Gasteiger partial charge in [-0.1, -0.05) is 44.2 Å². The fraction of sp³-hybridized carbons (Fsp3) is 0.368. The van der Waals surface area contributed by atoms with Gasteiger partial charge in [0.05, 0.1) is 0 Å². The summed E-state index contributed by atoms with van der Waals surface area (Å²) in [6.07, 6.45) is 3.72. The Balaban J connectivity index is 1.79. The molecular formula is C19H25N3O. The summed E-state index contributed by atoms with van der Waals surface area (Å²) in [7, 11) is 0. The van der Waals surface area contributed by atoms with Gasteiger partial charge in [0.2, 0.25) is 0 Å². The smallest absolute Gasteiger partial charge is 0.251 e. The molecule has 0 spiro atoms. The lowest BCUT2D eigenvalue weighted by atomic mass is 10.1. The molecular weight excluding hydrogens is 286 g/mol. The summed E-state index contributed by atoms with van der Waals surface area (Å²) >= 11 is 0. The molecule has 0 aliphatic carbocycles. The lowest BCUT2D eigenvalue weighted by Gasteiger charge is -2.09. The minimum Gasteiger partial charge on any atom is -0.370 e. The zero-order chi connectivity index (χ0) is 16.5. The van der Waals surface area contributed by atoms with Crippen LogP contribution in [0.15, 0.2) is 48.7 Å². The molecule has 0 aliphatic heterocycles. The third kappa shape index (κ3) is 6.10. The molecule has 1 aromatic heterocycles. The van der Waals surface area contributed by atoms with Crippen LogP contribution in [0.3, 0.4) is 0 Å². The van der Waals surface area contributed by atoms with Crippen LogP contribution >= 0.6 is 0 Å². The summed E-state index contributed by atoms with van der Waals surface area (Å²) in [5.74, 6) is 1.14. The molecule has 2 N–H and O–H groups in total. The van der Waals surface area contributed by atoms with E-state index < -0.39 is 0 Å². The van der Waals surface area contributed by atoms with Crippen molar-refractivity contribution in [2.45, 2.75) is 26.7 Å². The van der Waals surface area contributed by atoms with E-state index in [1.54, 1.807) is 18.3 Å². The second-order valence-electron chi connectivity index (χ2n) is 6.05. The minimum absolute atomic E-state index is 0.0477. The molecule has 122 valence electrons. The van der Waals surface area contributed by atoms with Gasteiger partial charge in [0.15, 0.2) is 0 Å². The van der Waals surface area contributed by atoms with E-state index in [9.17, 15) is 4.79 Å². The van der Waals surface area contributed by atoms with Crippen molar-refractivity contribution in [3.8, 4) is 0 Å². The van der Waals surface area contributed by atoms with E-state index in [4.69, 9.17) is 0 Å². The zero-order valence-corrected chi connectivity index (χ0v) is 13.9. The first-order valence-electron chi connectivity index (χ1n) is 8.17. The summed E-state index contributed by atoms with van der Waals surface area (Å²) in [5, 5.41) is 6.20. The molecule has 1 aromatic carbocycles. The van der Waals surface area contributed by atoms with Gasteiger partial charge in [0, 0.05) is 24.8 Å². The Bertz CT molecular complexity index is 611. The van der Waals surface area contributed by atoms with Crippen LogP contribution in [-0.4, -0.2) is 24.0 Å². The highest BCUT2D eigenvalue weighted by molar-refractivity contribution is 5.94. The van der Waals surface area contributed by atoms with Gasteiger partial charge in [0.1, 0.15) is 5.82 Å². The Morgan fingerprint density at radius 1 is 1.17 bits per heavy atom. The molecule has 23 heavy (non-hydrogen) atoms. The van der Waals surface area contributed by atoms with E-state index in [0.717, 1.165) is 25.2 Å². The summed E-state index contributed by atoms with van der Waals surface area (Å²) in [4.78, 5) is 16.3. The van der Waals surface area contributed by atoms with E-state index in [0.29, 0.717) is 18.0 Å². The maximum Gasteiger partial charge on any atom is 0.251 e. The first kappa shape index (κ1) is 17.0. The molecule has 0 aliphatic rings. The number of anilines is 1. The molecule has 0 unspecified atom stereocenters. The van der Waals surface area contributed by atoms with Crippen molar-refractivity contribution in [2.75, 3.05) is 18.4 Å². The third-order valence-electron chi connectivity index (χ3n) is 3.48. The molecule has 1 amide bonds. The Kier molecular flexibility index (Phi) is 6.60. The number of nitrogens with zero attached hydrogens (tertiary/aromatic N) is 1. The van der Waals surface area contributed by atoms with Crippen LogP contribution in [0, 0.1) is 5.92 Å². The third-order valence-corrected chi connectivity index (χ3v) is 3.48. The number of rotatable bonds is 8. The molecule has 2 rings (SSSR count). The van der Waals surface area contributed by atoms with E-state index >= 15 is 0 Å². The maximum atomic E-state index is 12.0. The Morgan fingerprint density at radius 2 is 1.96 bits per heavy atom. The van der Waals surface area contributed by atoms with Crippen molar-refractivity contribution < 1.29 is 4.79 Å². The van der Waals surface area contributed by atoms with Gasteiger partial charge in [-0.05, 0) is 36.5 Å². The number of hydrogen-bond acceptors (Lipinski definition) is 3. The molecule has 0 fully saturated rings. The second-order valence-corrected chi connectivity index (χ2v) is 6.05. The monoisotopic (exact) mass is 311 g/mol. The zero-order valence-electron chi connectivity index (χ0n) is 13.9. The largest absolute Gasteiger partial charge is 0.370 e. The summed E-state index contributed by atoms with van der Waals surface area (Å²) < 4.78 is 0. The second kappa shape index (κ2) is 8.93. The van der Waals surface area contributed by atoms with Gasteiger partial charge in [-0.25, -0.2) is 4.98 Å². The Morgan fingerprint density at radius 3 is 2.70 bits per heavy atom. The van der Waals surface area contributed by atoms with Crippen molar-refractivity contribution in [1.29, 1.82) is 0 Å².